The van der Waals surface area contributed by atoms with Gasteiger partial charge in [-0.25, -0.2) is 24.7 Å². The molecule has 61 heavy (non-hydrogen) atoms. The zero-order valence-electron chi connectivity index (χ0n) is 33.6. The molecule has 0 spiro atoms. The number of aromatic amines is 4. The summed E-state index contributed by atoms with van der Waals surface area (Å²) in [5, 5.41) is 27.2. The highest BCUT2D eigenvalue weighted by molar-refractivity contribution is 5.97. The number of nitrogens with one attached hydrogen (secondary N) is 11. The Kier molecular flexibility index (Phi) is 16.7. The van der Waals surface area contributed by atoms with Crippen LogP contribution in [0.2, 0.25) is 0 Å². The molecule has 25 heteroatoms. The van der Waals surface area contributed by atoms with Gasteiger partial charge in [-0.1, -0.05) is 0 Å². The Hall–Kier alpha value is -7.44. The van der Waals surface area contributed by atoms with Crippen molar-refractivity contribution in [3.63, 3.8) is 0 Å². The average molecular weight is 851 g/mol. The summed E-state index contributed by atoms with van der Waals surface area (Å²) in [7, 11) is 0. The van der Waals surface area contributed by atoms with Crippen LogP contribution in [0.1, 0.15) is 50.5 Å². The molecular formula is C36H50N16O9. The van der Waals surface area contributed by atoms with Crippen molar-refractivity contribution in [3.8, 4) is 0 Å². The number of nitrogens with two attached hydrogens (primary N) is 1. The van der Waals surface area contributed by atoms with E-state index in [0.29, 0.717) is 22.8 Å². The van der Waals surface area contributed by atoms with Gasteiger partial charge in [0.05, 0.1) is 31.4 Å². The van der Waals surface area contributed by atoms with E-state index < -0.39 is 95.7 Å². The normalized spacial score (nSPS) is 15.0. The van der Waals surface area contributed by atoms with Crippen molar-refractivity contribution < 1.29 is 43.5 Å². The van der Waals surface area contributed by atoms with E-state index in [-0.39, 0.29) is 25.7 Å². The van der Waals surface area contributed by atoms with E-state index in [1.165, 1.54) is 77.8 Å². The first-order chi connectivity index (χ1) is 29.0. The Balaban J connectivity index is 1.40. The fraction of sp³-hybridized carbons (Fsp3) is 0.444. The topological polar surface area (TPSA) is 382 Å². The van der Waals surface area contributed by atoms with Crippen LogP contribution in [0.4, 0.5) is 0 Å². The maximum atomic E-state index is 13.7. The lowest BCUT2D eigenvalue weighted by atomic mass is 10.1. The molecule has 0 saturated heterocycles. The Labute approximate surface area is 347 Å². The van der Waals surface area contributed by atoms with Crippen LogP contribution in [0.15, 0.2) is 50.1 Å². The first kappa shape index (κ1) is 46.3. The highest BCUT2D eigenvalue weighted by atomic mass is 16.4. The lowest BCUT2D eigenvalue weighted by Gasteiger charge is -2.25. The van der Waals surface area contributed by atoms with Gasteiger partial charge >= 0.3 is 5.97 Å². The van der Waals surface area contributed by atoms with Gasteiger partial charge in [-0.05, 0) is 27.7 Å². The lowest BCUT2D eigenvalue weighted by molar-refractivity contribution is -0.142. The number of nitrogens with zero attached hydrogens (tertiary/aromatic N) is 4. The SMILES string of the molecule is CC(N)C(=O)NC(Cc1cnc[nH]1)C(=O)NC(C)C(=O)NC(Cc1cnc[nH]1)C(=O)NC(C)C(=O)NC(Cc1cnc[nH]1)C(=O)NC(C)C(=O)NC(Cc1cnc[nH]1)C(=O)O. The minimum atomic E-state index is -1.34. The summed E-state index contributed by atoms with van der Waals surface area (Å²) in [5.41, 5.74) is 7.54. The quantitative estimate of drug-likeness (QED) is 0.0336. The van der Waals surface area contributed by atoms with E-state index in [9.17, 15) is 43.5 Å². The third-order valence-electron chi connectivity index (χ3n) is 9.10. The third-order valence-corrected chi connectivity index (χ3v) is 9.10. The van der Waals surface area contributed by atoms with Crippen LogP contribution in [0.5, 0.6) is 0 Å². The minimum Gasteiger partial charge on any atom is -0.480 e. The van der Waals surface area contributed by atoms with Gasteiger partial charge < -0.3 is 68.0 Å². The molecule has 0 aliphatic carbocycles. The third kappa shape index (κ3) is 14.4. The number of aliphatic carboxylic acids is 1. The maximum Gasteiger partial charge on any atom is 0.326 e. The molecule has 14 N–H and O–H groups in total. The van der Waals surface area contributed by atoms with Gasteiger partial charge in [-0.3, -0.25) is 33.6 Å². The van der Waals surface area contributed by atoms with Gasteiger partial charge in [0.15, 0.2) is 0 Å². The zero-order chi connectivity index (χ0) is 44.6. The van der Waals surface area contributed by atoms with Crippen LogP contribution in [-0.2, 0) is 64.0 Å². The summed E-state index contributed by atoms with van der Waals surface area (Å²) in [5.74, 6) is -6.68. The number of carboxylic acid groups (broad SMARTS) is 1. The molecule has 8 unspecified atom stereocenters. The molecule has 0 bridgehead atoms. The first-order valence-electron chi connectivity index (χ1n) is 19.0. The Bertz CT molecular complexity index is 2070. The zero-order valence-corrected chi connectivity index (χ0v) is 33.6. The molecule has 4 heterocycles. The molecule has 328 valence electrons. The summed E-state index contributed by atoms with van der Waals surface area (Å²) in [6.45, 7) is 5.49. The molecule has 0 aromatic carbocycles. The summed E-state index contributed by atoms with van der Waals surface area (Å²) < 4.78 is 0. The van der Waals surface area contributed by atoms with Crippen molar-refractivity contribution in [3.05, 3.63) is 72.9 Å². The van der Waals surface area contributed by atoms with E-state index in [1.54, 1.807) is 0 Å². The number of H-pyrrole nitrogens is 4. The Morgan fingerprint density at radius 1 is 0.459 bits per heavy atom. The number of amides is 7. The fourth-order valence-corrected chi connectivity index (χ4v) is 5.62. The van der Waals surface area contributed by atoms with Crippen LogP contribution >= 0.6 is 0 Å². The van der Waals surface area contributed by atoms with Gasteiger partial charge in [-0.2, -0.15) is 0 Å². The highest BCUT2D eigenvalue weighted by Crippen LogP contribution is 2.06. The summed E-state index contributed by atoms with van der Waals surface area (Å²) >= 11 is 0. The van der Waals surface area contributed by atoms with Crippen LogP contribution in [-0.4, -0.2) is 141 Å². The fourth-order valence-electron chi connectivity index (χ4n) is 5.62. The van der Waals surface area contributed by atoms with E-state index in [4.69, 9.17) is 5.73 Å². The molecule has 7 amide bonds. The van der Waals surface area contributed by atoms with Crippen LogP contribution < -0.4 is 43.0 Å². The monoisotopic (exact) mass is 850 g/mol. The molecule has 8 atom stereocenters. The molecule has 4 aromatic rings. The number of imidazole rings is 4. The van der Waals surface area contributed by atoms with Crippen molar-refractivity contribution >= 4 is 47.3 Å². The van der Waals surface area contributed by atoms with Crippen LogP contribution in [0.25, 0.3) is 0 Å². The standard InChI is InChI=1S/C36H50N16O9/c1-17(37)29(53)49-25(5-21-9-38-13-42-21)33(57)46-18(2)30(54)50-26(6-22-10-39-14-43-22)34(58)47-19(3)31(55)51-27(7-23-11-40-15-44-23)35(59)48-20(4)32(56)52-28(36(60)61)8-24-12-41-16-45-24/h9-20,25-28H,5-8,37H2,1-4H3,(H,38,42)(H,39,43)(H,40,44)(H,41,45)(H,46,57)(H,47,58)(H,48,59)(H,49,53)(H,50,54)(H,51,55)(H,52,56)(H,60,61). The number of rotatable bonds is 23. The second kappa shape index (κ2) is 22.1. The van der Waals surface area contributed by atoms with Gasteiger partial charge in [-0.15, -0.1) is 0 Å². The van der Waals surface area contributed by atoms with Crippen LogP contribution in [0, 0.1) is 0 Å². The van der Waals surface area contributed by atoms with Gasteiger partial charge in [0.25, 0.3) is 0 Å². The van der Waals surface area contributed by atoms with Crippen molar-refractivity contribution in [1.29, 1.82) is 0 Å². The summed E-state index contributed by atoms with van der Waals surface area (Å²) in [6, 6.07) is -9.80. The Morgan fingerprint density at radius 3 is 0.967 bits per heavy atom. The molecule has 0 saturated carbocycles. The molecule has 0 aliphatic rings. The van der Waals surface area contributed by atoms with Crippen molar-refractivity contribution in [2.24, 2.45) is 5.73 Å². The van der Waals surface area contributed by atoms with Gasteiger partial charge in [0.1, 0.15) is 42.3 Å². The number of aromatic nitrogens is 8. The highest BCUT2D eigenvalue weighted by Gasteiger charge is 2.32. The number of carbonyl (C=O) groups is 8. The predicted molar refractivity (Wildman–Crippen MR) is 211 cm³/mol. The molecular weight excluding hydrogens is 800 g/mol. The Morgan fingerprint density at radius 2 is 0.721 bits per heavy atom. The number of hydrogen-bond acceptors (Lipinski definition) is 13. The van der Waals surface area contributed by atoms with Crippen molar-refractivity contribution in [1.82, 2.24) is 77.1 Å². The van der Waals surface area contributed by atoms with E-state index in [0.717, 1.165) is 0 Å². The number of hydrogen-bond donors (Lipinski definition) is 13. The van der Waals surface area contributed by atoms with Crippen molar-refractivity contribution in [2.45, 2.75) is 102 Å². The minimum absolute atomic E-state index is 0.00269. The second-order valence-corrected chi connectivity index (χ2v) is 14.2. The molecule has 25 nitrogen and oxygen atoms in total. The van der Waals surface area contributed by atoms with E-state index in [1.807, 2.05) is 0 Å². The molecule has 4 rings (SSSR count). The lowest BCUT2D eigenvalue weighted by Crippen LogP contribution is -2.60. The number of carbonyl (C=O) groups excluding carboxylic acids is 7. The first-order valence-corrected chi connectivity index (χ1v) is 19.0. The molecule has 0 aliphatic heterocycles. The molecule has 4 aromatic heterocycles. The van der Waals surface area contributed by atoms with Gasteiger partial charge in [0.2, 0.25) is 41.4 Å². The van der Waals surface area contributed by atoms with Crippen molar-refractivity contribution in [2.75, 3.05) is 0 Å². The van der Waals surface area contributed by atoms with Crippen LogP contribution in [0.3, 0.4) is 0 Å². The van der Waals surface area contributed by atoms with Gasteiger partial charge in [0, 0.05) is 73.2 Å². The largest absolute Gasteiger partial charge is 0.480 e. The van der Waals surface area contributed by atoms with E-state index >= 15 is 0 Å². The summed E-state index contributed by atoms with van der Waals surface area (Å²) in [4.78, 5) is 132. The average Bonchev–Trinajstić information content (AvgIpc) is 4.07. The second-order valence-electron chi connectivity index (χ2n) is 14.2. The molecule has 0 fully saturated rings. The maximum absolute atomic E-state index is 13.7. The predicted octanol–water partition coefficient (Wildman–Crippen LogP) is -4.27. The van der Waals surface area contributed by atoms with E-state index in [2.05, 4.69) is 77.1 Å². The molecule has 0 radical (unpaired) electrons. The number of carboxylic acids is 1. The smallest absolute Gasteiger partial charge is 0.326 e. The summed E-state index contributed by atoms with van der Waals surface area (Å²) in [6.07, 6.45) is 10.9.